The lowest BCUT2D eigenvalue weighted by atomic mass is 10.2. The van der Waals surface area contributed by atoms with Gasteiger partial charge in [-0.1, -0.05) is 41.9 Å². The average molecular weight is 362 g/mol. The number of halogens is 1. The summed E-state index contributed by atoms with van der Waals surface area (Å²) in [5, 5.41) is 14.2. The maximum Gasteiger partial charge on any atom is 0.124 e. The first-order valence-corrected chi connectivity index (χ1v) is 9.03. The number of hydrogen-bond donors (Lipinski definition) is 2. The Morgan fingerprint density at radius 3 is 2.68 bits per heavy atom. The van der Waals surface area contributed by atoms with Gasteiger partial charge in [-0.25, -0.2) is 0 Å². The van der Waals surface area contributed by atoms with Crippen molar-refractivity contribution in [1.82, 2.24) is 5.32 Å². The third-order valence-electron chi connectivity index (χ3n) is 4.03. The zero-order valence-corrected chi connectivity index (χ0v) is 14.9. The topological polar surface area (TPSA) is 50.7 Å². The van der Waals surface area contributed by atoms with Gasteiger partial charge in [-0.15, -0.1) is 0 Å². The maximum atomic E-state index is 10.1. The zero-order valence-electron chi connectivity index (χ0n) is 14.2. The molecule has 0 aromatic heterocycles. The molecule has 1 saturated carbocycles. The summed E-state index contributed by atoms with van der Waals surface area (Å²) in [6.45, 7) is 1.63. The van der Waals surface area contributed by atoms with E-state index in [1.165, 1.54) is 12.8 Å². The van der Waals surface area contributed by atoms with E-state index in [1.807, 2.05) is 42.5 Å². The van der Waals surface area contributed by atoms with Crippen LogP contribution in [0, 0.1) is 0 Å². The Kier molecular flexibility index (Phi) is 6.70. The van der Waals surface area contributed by atoms with Crippen molar-refractivity contribution in [2.24, 2.45) is 0 Å². The molecule has 0 aliphatic heterocycles. The van der Waals surface area contributed by atoms with Crippen molar-refractivity contribution in [2.45, 2.75) is 38.1 Å². The highest BCUT2D eigenvalue weighted by Gasteiger charge is 2.20. The quantitative estimate of drug-likeness (QED) is 0.679. The van der Waals surface area contributed by atoms with E-state index in [2.05, 4.69) is 5.32 Å². The van der Waals surface area contributed by atoms with E-state index in [4.69, 9.17) is 21.1 Å². The second kappa shape index (κ2) is 9.20. The monoisotopic (exact) mass is 361 g/mol. The summed E-state index contributed by atoms with van der Waals surface area (Å²) in [6, 6.07) is 16.1. The summed E-state index contributed by atoms with van der Waals surface area (Å²) in [5.41, 5.74) is 2.10. The fourth-order valence-corrected chi connectivity index (χ4v) is 2.68. The Morgan fingerprint density at radius 1 is 1.12 bits per heavy atom. The predicted octanol–water partition coefficient (Wildman–Crippen LogP) is 3.55. The molecule has 0 spiro atoms. The highest BCUT2D eigenvalue weighted by atomic mass is 35.5. The molecule has 3 rings (SSSR count). The van der Waals surface area contributed by atoms with Gasteiger partial charge in [0.1, 0.15) is 18.5 Å². The number of nitrogens with one attached hydrogen (secondary N) is 1. The van der Waals surface area contributed by atoms with Crippen LogP contribution in [0.4, 0.5) is 0 Å². The molecule has 5 heteroatoms. The minimum Gasteiger partial charge on any atom is -0.490 e. The minimum absolute atomic E-state index is 0.187. The van der Waals surface area contributed by atoms with Crippen molar-refractivity contribution in [2.75, 3.05) is 13.2 Å². The van der Waals surface area contributed by atoms with Gasteiger partial charge in [-0.3, -0.25) is 0 Å². The molecule has 2 aromatic rings. The van der Waals surface area contributed by atoms with E-state index >= 15 is 0 Å². The lowest BCUT2D eigenvalue weighted by molar-refractivity contribution is 0.00531. The Morgan fingerprint density at radius 2 is 1.92 bits per heavy atom. The molecule has 0 saturated heterocycles. The van der Waals surface area contributed by atoms with Crippen LogP contribution in [0.25, 0.3) is 0 Å². The molecular formula is C20H24ClNO3. The second-order valence-corrected chi connectivity index (χ2v) is 6.81. The third kappa shape index (κ3) is 6.33. The minimum atomic E-state index is -0.677. The zero-order chi connectivity index (χ0) is 17.5. The van der Waals surface area contributed by atoms with E-state index in [1.54, 1.807) is 6.07 Å². The Hall–Kier alpha value is -1.59. The molecule has 2 N–H and O–H groups in total. The summed E-state index contributed by atoms with van der Waals surface area (Å²) in [5.74, 6) is 0.750. The summed E-state index contributed by atoms with van der Waals surface area (Å²) < 4.78 is 11.3. The highest BCUT2D eigenvalue weighted by molar-refractivity contribution is 6.30. The molecular weight excluding hydrogens is 338 g/mol. The molecule has 4 nitrogen and oxygen atoms in total. The Balaban J connectivity index is 1.43. The number of ether oxygens (including phenoxy) is 2. The van der Waals surface area contributed by atoms with Crippen molar-refractivity contribution in [3.63, 3.8) is 0 Å². The third-order valence-corrected chi connectivity index (χ3v) is 4.27. The predicted molar refractivity (Wildman–Crippen MR) is 98.9 cm³/mol. The van der Waals surface area contributed by atoms with Crippen LogP contribution in [-0.4, -0.2) is 30.5 Å². The van der Waals surface area contributed by atoms with Crippen LogP contribution in [0.2, 0.25) is 5.02 Å². The summed E-state index contributed by atoms with van der Waals surface area (Å²) in [7, 11) is 0. The molecule has 1 unspecified atom stereocenters. The molecule has 0 amide bonds. The molecule has 1 aliphatic rings. The Labute approximate surface area is 153 Å². The van der Waals surface area contributed by atoms with Crippen LogP contribution in [-0.2, 0) is 17.9 Å². The summed E-state index contributed by atoms with van der Waals surface area (Å²) in [4.78, 5) is 0. The number of benzene rings is 2. The molecule has 0 bridgehead atoms. The summed E-state index contributed by atoms with van der Waals surface area (Å²) >= 11 is 6.08. The fourth-order valence-electron chi connectivity index (χ4n) is 2.49. The SMILES string of the molecule is OC(COCc1ccccc1)COc1ccc(Cl)cc1CNC1CC1. The van der Waals surface area contributed by atoms with Crippen molar-refractivity contribution >= 4 is 11.6 Å². The van der Waals surface area contributed by atoms with Crippen molar-refractivity contribution in [3.05, 3.63) is 64.7 Å². The van der Waals surface area contributed by atoms with Crippen LogP contribution in [0.3, 0.4) is 0 Å². The van der Waals surface area contributed by atoms with Gasteiger partial charge < -0.3 is 19.9 Å². The van der Waals surface area contributed by atoms with Crippen LogP contribution in [0.5, 0.6) is 5.75 Å². The van der Waals surface area contributed by atoms with Gasteiger partial charge >= 0.3 is 0 Å². The van der Waals surface area contributed by atoms with Gasteiger partial charge in [0.05, 0.1) is 13.2 Å². The van der Waals surface area contributed by atoms with Gasteiger partial charge in [0.25, 0.3) is 0 Å². The van der Waals surface area contributed by atoms with Gasteiger partial charge in [-0.2, -0.15) is 0 Å². The molecule has 1 fully saturated rings. The molecule has 25 heavy (non-hydrogen) atoms. The van der Waals surface area contributed by atoms with Crippen molar-refractivity contribution in [1.29, 1.82) is 0 Å². The van der Waals surface area contributed by atoms with E-state index in [9.17, 15) is 5.11 Å². The largest absolute Gasteiger partial charge is 0.490 e. The molecule has 2 aromatic carbocycles. The average Bonchev–Trinajstić information content (AvgIpc) is 3.44. The van der Waals surface area contributed by atoms with E-state index in [-0.39, 0.29) is 13.2 Å². The number of aliphatic hydroxyl groups excluding tert-OH is 1. The number of aliphatic hydroxyl groups is 1. The van der Waals surface area contributed by atoms with Crippen molar-refractivity contribution < 1.29 is 14.6 Å². The first kappa shape index (κ1) is 18.2. The number of rotatable bonds is 10. The van der Waals surface area contributed by atoms with Gasteiger partial charge in [-0.05, 0) is 36.6 Å². The van der Waals surface area contributed by atoms with Gasteiger partial charge in [0.2, 0.25) is 0 Å². The van der Waals surface area contributed by atoms with E-state index in [0.29, 0.717) is 17.7 Å². The molecule has 0 radical (unpaired) electrons. The van der Waals surface area contributed by atoms with Gasteiger partial charge in [0, 0.05) is 23.2 Å². The van der Waals surface area contributed by atoms with Crippen LogP contribution in [0.1, 0.15) is 24.0 Å². The van der Waals surface area contributed by atoms with Gasteiger partial charge in [0.15, 0.2) is 0 Å². The first-order valence-electron chi connectivity index (χ1n) is 8.65. The normalized spacial score (nSPS) is 15.1. The van der Waals surface area contributed by atoms with Crippen molar-refractivity contribution in [3.8, 4) is 5.75 Å². The van der Waals surface area contributed by atoms with E-state index < -0.39 is 6.10 Å². The first-order chi connectivity index (χ1) is 12.2. The molecule has 1 atom stereocenters. The van der Waals surface area contributed by atoms with E-state index in [0.717, 1.165) is 23.4 Å². The van der Waals surface area contributed by atoms with Crippen LogP contribution in [0.15, 0.2) is 48.5 Å². The molecule has 1 aliphatic carbocycles. The molecule has 134 valence electrons. The van der Waals surface area contributed by atoms with Crippen LogP contribution >= 0.6 is 11.6 Å². The highest BCUT2D eigenvalue weighted by Crippen LogP contribution is 2.25. The lowest BCUT2D eigenvalue weighted by Gasteiger charge is -2.16. The molecule has 0 heterocycles. The standard InChI is InChI=1S/C20H24ClNO3/c21-17-6-9-20(16(10-17)11-22-18-7-8-18)25-14-19(23)13-24-12-15-4-2-1-3-5-15/h1-6,9-10,18-19,22-23H,7-8,11-14H2. The summed E-state index contributed by atoms with van der Waals surface area (Å²) in [6.07, 6.45) is 1.78. The Bertz CT molecular complexity index is 661. The lowest BCUT2D eigenvalue weighted by Crippen LogP contribution is -2.24. The fraction of sp³-hybridized carbons (Fsp3) is 0.400. The smallest absolute Gasteiger partial charge is 0.124 e. The maximum absolute atomic E-state index is 10.1. The van der Waals surface area contributed by atoms with Crippen LogP contribution < -0.4 is 10.1 Å². The number of hydrogen-bond acceptors (Lipinski definition) is 4. The second-order valence-electron chi connectivity index (χ2n) is 6.37.